The maximum atomic E-state index is 3.53. The molecule has 1 saturated heterocycles. The zero-order valence-electron chi connectivity index (χ0n) is 7.79. The van der Waals surface area contributed by atoms with Gasteiger partial charge in [-0.1, -0.05) is 28.1 Å². The summed E-state index contributed by atoms with van der Waals surface area (Å²) in [5.74, 6) is 0.904. The summed E-state index contributed by atoms with van der Waals surface area (Å²) >= 11 is 3.53. The van der Waals surface area contributed by atoms with Crippen molar-refractivity contribution in [2.45, 2.75) is 11.8 Å². The number of halogens is 2. The number of fused-ring (bicyclic) bond motifs is 1. The molecule has 0 aromatic heterocycles. The lowest BCUT2D eigenvalue weighted by atomic mass is 9.95. The van der Waals surface area contributed by atoms with E-state index >= 15 is 0 Å². The summed E-state index contributed by atoms with van der Waals surface area (Å²) in [6.07, 6.45) is 1.39. The van der Waals surface area contributed by atoms with Gasteiger partial charge in [0.25, 0.3) is 0 Å². The molecule has 1 N–H and O–H groups in total. The Bertz CT molecular complexity index is 355. The normalized spacial score (nSPS) is 33.4. The van der Waals surface area contributed by atoms with Gasteiger partial charge in [0.1, 0.15) is 0 Å². The van der Waals surface area contributed by atoms with Crippen molar-refractivity contribution in [3.63, 3.8) is 0 Å². The standard InChI is InChI=1S/C11H12BrN.ClH/c12-10-3-1-2-8(4-10)11-5-9(11)6-13-7-11;/h1-4,9,13H,5-7H2;1H. The Morgan fingerprint density at radius 1 is 1.43 bits per heavy atom. The fourth-order valence-corrected chi connectivity index (χ4v) is 2.99. The van der Waals surface area contributed by atoms with Crippen molar-refractivity contribution in [2.24, 2.45) is 5.92 Å². The van der Waals surface area contributed by atoms with E-state index in [0.717, 1.165) is 5.92 Å². The van der Waals surface area contributed by atoms with E-state index in [2.05, 4.69) is 45.5 Å². The number of hydrogen-bond acceptors (Lipinski definition) is 1. The van der Waals surface area contributed by atoms with Crippen molar-refractivity contribution < 1.29 is 0 Å². The Hall–Kier alpha value is -0.0500. The Labute approximate surface area is 98.8 Å². The van der Waals surface area contributed by atoms with Crippen LogP contribution in [0.1, 0.15) is 12.0 Å². The van der Waals surface area contributed by atoms with Crippen LogP contribution in [0.4, 0.5) is 0 Å². The van der Waals surface area contributed by atoms with E-state index in [0.29, 0.717) is 5.41 Å². The lowest BCUT2D eigenvalue weighted by molar-refractivity contribution is 0.675. The van der Waals surface area contributed by atoms with E-state index in [1.54, 1.807) is 0 Å². The molecule has 2 fully saturated rings. The molecule has 1 nitrogen and oxygen atoms in total. The van der Waals surface area contributed by atoms with Gasteiger partial charge in [-0.25, -0.2) is 0 Å². The second-order valence-corrected chi connectivity index (χ2v) is 5.11. The van der Waals surface area contributed by atoms with E-state index in [1.807, 2.05) is 0 Å². The summed E-state index contributed by atoms with van der Waals surface area (Å²) in [7, 11) is 0. The predicted molar refractivity (Wildman–Crippen MR) is 64.0 cm³/mol. The highest BCUT2D eigenvalue weighted by Gasteiger charge is 2.57. The molecule has 0 bridgehead atoms. The van der Waals surface area contributed by atoms with Gasteiger partial charge in [-0.3, -0.25) is 0 Å². The van der Waals surface area contributed by atoms with Crippen LogP contribution in [0.2, 0.25) is 0 Å². The Balaban J connectivity index is 0.000000750. The van der Waals surface area contributed by atoms with Crippen LogP contribution in [0, 0.1) is 5.92 Å². The van der Waals surface area contributed by atoms with Gasteiger partial charge < -0.3 is 5.32 Å². The molecule has 3 heteroatoms. The highest BCUT2D eigenvalue weighted by atomic mass is 79.9. The Kier molecular flexibility index (Phi) is 2.63. The van der Waals surface area contributed by atoms with Crippen LogP contribution in [0.25, 0.3) is 0 Å². The lowest BCUT2D eigenvalue weighted by Gasteiger charge is -2.12. The molecule has 1 saturated carbocycles. The van der Waals surface area contributed by atoms with Crippen LogP contribution in [-0.2, 0) is 5.41 Å². The Morgan fingerprint density at radius 2 is 2.29 bits per heavy atom. The van der Waals surface area contributed by atoms with Crippen LogP contribution in [0.3, 0.4) is 0 Å². The minimum Gasteiger partial charge on any atom is -0.316 e. The fraction of sp³-hybridized carbons (Fsp3) is 0.455. The number of rotatable bonds is 1. The summed E-state index contributed by atoms with van der Waals surface area (Å²) in [6.45, 7) is 2.39. The third kappa shape index (κ3) is 1.40. The van der Waals surface area contributed by atoms with Crippen molar-refractivity contribution in [1.82, 2.24) is 5.32 Å². The highest BCUT2D eigenvalue weighted by molar-refractivity contribution is 9.10. The third-order valence-electron chi connectivity index (χ3n) is 3.46. The summed E-state index contributed by atoms with van der Waals surface area (Å²) in [4.78, 5) is 0. The summed E-state index contributed by atoms with van der Waals surface area (Å²) in [5.41, 5.74) is 2.01. The SMILES string of the molecule is Brc1cccc(C23CNCC2C3)c1.Cl. The van der Waals surface area contributed by atoms with Crippen molar-refractivity contribution in [3.8, 4) is 0 Å². The molecule has 0 radical (unpaired) electrons. The first-order valence-corrected chi connectivity index (χ1v) is 5.57. The molecule has 1 heterocycles. The molecule has 76 valence electrons. The number of benzene rings is 1. The van der Waals surface area contributed by atoms with Gasteiger partial charge >= 0.3 is 0 Å². The molecule has 0 amide bonds. The average Bonchev–Trinajstić information content (AvgIpc) is 2.70. The first kappa shape index (κ1) is 10.5. The van der Waals surface area contributed by atoms with Gasteiger partial charge in [-0.05, 0) is 36.6 Å². The van der Waals surface area contributed by atoms with Gasteiger partial charge in [-0.15, -0.1) is 12.4 Å². The summed E-state index contributed by atoms with van der Waals surface area (Å²) in [6, 6.07) is 8.77. The van der Waals surface area contributed by atoms with Crippen LogP contribution in [0.15, 0.2) is 28.7 Å². The molecular formula is C11H13BrClN. The Morgan fingerprint density at radius 3 is 2.86 bits per heavy atom. The largest absolute Gasteiger partial charge is 0.316 e. The molecule has 3 rings (SSSR count). The minimum atomic E-state index is 0. The van der Waals surface area contributed by atoms with E-state index < -0.39 is 0 Å². The van der Waals surface area contributed by atoms with Gasteiger partial charge in [0.2, 0.25) is 0 Å². The third-order valence-corrected chi connectivity index (χ3v) is 3.96. The minimum absolute atomic E-state index is 0. The van der Waals surface area contributed by atoms with Crippen molar-refractivity contribution in [1.29, 1.82) is 0 Å². The van der Waals surface area contributed by atoms with Gasteiger partial charge in [0, 0.05) is 16.4 Å². The van der Waals surface area contributed by atoms with Crippen LogP contribution in [0.5, 0.6) is 0 Å². The molecule has 2 aliphatic rings. The second kappa shape index (κ2) is 3.51. The van der Waals surface area contributed by atoms with E-state index in [1.165, 1.54) is 29.5 Å². The van der Waals surface area contributed by atoms with Crippen LogP contribution in [-0.4, -0.2) is 13.1 Å². The van der Waals surface area contributed by atoms with E-state index in [-0.39, 0.29) is 12.4 Å². The molecule has 1 aromatic carbocycles. The molecular weight excluding hydrogens is 261 g/mol. The summed E-state index contributed by atoms with van der Waals surface area (Å²) < 4.78 is 1.21. The average molecular weight is 275 g/mol. The lowest BCUT2D eigenvalue weighted by Crippen LogP contribution is -2.19. The zero-order valence-corrected chi connectivity index (χ0v) is 10.2. The second-order valence-electron chi connectivity index (χ2n) is 4.20. The van der Waals surface area contributed by atoms with Crippen molar-refractivity contribution in [3.05, 3.63) is 34.3 Å². The molecule has 1 aliphatic heterocycles. The predicted octanol–water partition coefficient (Wildman–Crippen LogP) is 2.73. The van der Waals surface area contributed by atoms with Gasteiger partial charge in [-0.2, -0.15) is 0 Å². The monoisotopic (exact) mass is 273 g/mol. The fourth-order valence-electron chi connectivity index (χ4n) is 2.59. The van der Waals surface area contributed by atoms with E-state index in [9.17, 15) is 0 Å². The zero-order chi connectivity index (χ0) is 8.89. The van der Waals surface area contributed by atoms with Crippen molar-refractivity contribution in [2.75, 3.05) is 13.1 Å². The first-order valence-electron chi connectivity index (χ1n) is 4.78. The summed E-state index contributed by atoms with van der Waals surface area (Å²) in [5, 5.41) is 3.47. The quantitative estimate of drug-likeness (QED) is 0.830. The van der Waals surface area contributed by atoms with Gasteiger partial charge in [0.15, 0.2) is 0 Å². The maximum absolute atomic E-state index is 3.53. The molecule has 1 aromatic rings. The molecule has 14 heavy (non-hydrogen) atoms. The first-order chi connectivity index (χ1) is 6.31. The van der Waals surface area contributed by atoms with Crippen LogP contribution >= 0.6 is 28.3 Å². The molecule has 2 unspecified atom stereocenters. The number of nitrogens with one attached hydrogen (secondary N) is 1. The van der Waals surface area contributed by atoms with Crippen molar-refractivity contribution >= 4 is 28.3 Å². The number of hydrogen-bond donors (Lipinski definition) is 1. The topological polar surface area (TPSA) is 12.0 Å². The highest BCUT2D eigenvalue weighted by Crippen LogP contribution is 2.56. The molecule has 1 aliphatic carbocycles. The molecule has 0 spiro atoms. The number of piperidine rings is 1. The van der Waals surface area contributed by atoms with Gasteiger partial charge in [0.05, 0.1) is 0 Å². The smallest absolute Gasteiger partial charge is 0.0178 e. The van der Waals surface area contributed by atoms with E-state index in [4.69, 9.17) is 0 Å². The van der Waals surface area contributed by atoms with Crippen LogP contribution < -0.4 is 5.32 Å². The maximum Gasteiger partial charge on any atom is 0.0178 e. The molecule has 2 atom stereocenters.